The number of nitrogens with zero attached hydrogens (tertiary/aromatic N) is 2. The first-order valence-corrected chi connectivity index (χ1v) is 7.96. The van der Waals surface area contributed by atoms with Crippen LogP contribution in [0.3, 0.4) is 0 Å². The molecule has 0 radical (unpaired) electrons. The molecule has 0 aliphatic carbocycles. The summed E-state index contributed by atoms with van der Waals surface area (Å²) in [6.45, 7) is 6.35. The van der Waals surface area contributed by atoms with Gasteiger partial charge in [-0.1, -0.05) is 6.92 Å². The second-order valence-electron chi connectivity index (χ2n) is 4.93. The molecule has 0 aliphatic rings. The van der Waals surface area contributed by atoms with Crippen LogP contribution < -0.4 is 5.32 Å². The third-order valence-electron chi connectivity index (χ3n) is 3.26. The predicted octanol–water partition coefficient (Wildman–Crippen LogP) is 3.28. The minimum atomic E-state index is -0.0209. The van der Waals surface area contributed by atoms with Crippen molar-refractivity contribution in [2.45, 2.75) is 32.9 Å². The highest BCUT2D eigenvalue weighted by molar-refractivity contribution is 9.10. The van der Waals surface area contributed by atoms with E-state index in [-0.39, 0.29) is 6.04 Å². The minimum absolute atomic E-state index is 0.0209. The quantitative estimate of drug-likeness (QED) is 0.789. The van der Waals surface area contributed by atoms with E-state index in [0.717, 1.165) is 34.7 Å². The van der Waals surface area contributed by atoms with E-state index in [1.54, 1.807) is 7.11 Å². The Morgan fingerprint density at radius 3 is 2.90 bits per heavy atom. The Balaban J connectivity index is 2.33. The van der Waals surface area contributed by atoms with E-state index in [4.69, 9.17) is 9.15 Å². The zero-order valence-electron chi connectivity index (χ0n) is 12.7. The summed E-state index contributed by atoms with van der Waals surface area (Å²) in [5, 5.41) is 7.96. The van der Waals surface area contributed by atoms with Crippen LogP contribution in [0.4, 0.5) is 0 Å². The summed E-state index contributed by atoms with van der Waals surface area (Å²) < 4.78 is 13.9. The van der Waals surface area contributed by atoms with E-state index in [9.17, 15) is 0 Å². The van der Waals surface area contributed by atoms with Gasteiger partial charge in [-0.2, -0.15) is 5.10 Å². The molecule has 116 valence electrons. The number of aryl methyl sites for hydroxylation is 1. The Bertz CT molecular complexity index is 565. The van der Waals surface area contributed by atoms with Crippen LogP contribution in [0.1, 0.15) is 36.6 Å². The van der Waals surface area contributed by atoms with E-state index in [0.29, 0.717) is 13.2 Å². The number of halogens is 1. The van der Waals surface area contributed by atoms with Gasteiger partial charge in [-0.25, -0.2) is 0 Å². The summed E-state index contributed by atoms with van der Waals surface area (Å²) in [7, 11) is 1.70. The van der Waals surface area contributed by atoms with Crippen LogP contribution in [0.15, 0.2) is 27.2 Å². The van der Waals surface area contributed by atoms with Crippen LogP contribution in [-0.2, 0) is 11.3 Å². The normalized spacial score (nSPS) is 12.8. The number of nitrogens with one attached hydrogen (secondary N) is 1. The molecule has 2 aromatic heterocycles. The van der Waals surface area contributed by atoms with Crippen LogP contribution in [-0.4, -0.2) is 30.0 Å². The van der Waals surface area contributed by atoms with Gasteiger partial charge in [-0.15, -0.1) is 0 Å². The molecular formula is C15H22BrN3O2. The van der Waals surface area contributed by atoms with Gasteiger partial charge in [0.25, 0.3) is 0 Å². The van der Waals surface area contributed by atoms with Crippen LogP contribution in [0.2, 0.25) is 0 Å². The molecule has 6 heteroatoms. The van der Waals surface area contributed by atoms with Crippen molar-refractivity contribution in [1.29, 1.82) is 0 Å². The summed E-state index contributed by atoms with van der Waals surface area (Å²) in [5.41, 5.74) is 1.06. The van der Waals surface area contributed by atoms with Gasteiger partial charge in [0, 0.05) is 7.11 Å². The first-order chi connectivity index (χ1) is 10.2. The topological polar surface area (TPSA) is 52.2 Å². The van der Waals surface area contributed by atoms with Crippen LogP contribution >= 0.6 is 15.9 Å². The van der Waals surface area contributed by atoms with Crippen molar-refractivity contribution in [2.24, 2.45) is 0 Å². The molecule has 21 heavy (non-hydrogen) atoms. The molecule has 5 nitrogen and oxygen atoms in total. The second kappa shape index (κ2) is 7.77. The highest BCUT2D eigenvalue weighted by Gasteiger charge is 2.24. The maximum absolute atomic E-state index is 5.83. The average Bonchev–Trinajstić information content (AvgIpc) is 3.05. The largest absolute Gasteiger partial charge is 0.464 e. The Morgan fingerprint density at radius 2 is 2.29 bits per heavy atom. The zero-order chi connectivity index (χ0) is 15.2. The number of methoxy groups -OCH3 is 1. The third kappa shape index (κ3) is 3.96. The molecule has 1 atom stereocenters. The lowest BCUT2D eigenvalue weighted by molar-refractivity contribution is 0.181. The van der Waals surface area contributed by atoms with E-state index < -0.39 is 0 Å². The lowest BCUT2D eigenvalue weighted by Crippen LogP contribution is -2.26. The molecule has 2 rings (SSSR count). The molecule has 0 aromatic carbocycles. The van der Waals surface area contributed by atoms with Crippen molar-refractivity contribution in [3.63, 3.8) is 0 Å². The van der Waals surface area contributed by atoms with Crippen molar-refractivity contribution in [2.75, 3.05) is 20.3 Å². The number of furan rings is 1. The fraction of sp³-hybridized carbons (Fsp3) is 0.533. The van der Waals surface area contributed by atoms with Crippen LogP contribution in [0.5, 0.6) is 0 Å². The maximum Gasteiger partial charge on any atom is 0.127 e. The Kier molecular flexibility index (Phi) is 6.02. The van der Waals surface area contributed by atoms with Crippen molar-refractivity contribution >= 4 is 15.9 Å². The van der Waals surface area contributed by atoms with Crippen molar-refractivity contribution in [3.05, 3.63) is 40.0 Å². The van der Waals surface area contributed by atoms with Gasteiger partial charge < -0.3 is 14.5 Å². The molecule has 0 spiro atoms. The maximum atomic E-state index is 5.83. The first-order valence-electron chi connectivity index (χ1n) is 7.17. The number of hydrogen-bond acceptors (Lipinski definition) is 4. The molecule has 0 amide bonds. The molecule has 2 heterocycles. The van der Waals surface area contributed by atoms with Crippen molar-refractivity contribution in [3.8, 4) is 0 Å². The SMILES string of the molecule is CCCNC(c1ccc(C)o1)c1c(Br)cnn1CCOC. The molecular weight excluding hydrogens is 334 g/mol. The van der Waals surface area contributed by atoms with E-state index in [2.05, 4.69) is 33.3 Å². The summed E-state index contributed by atoms with van der Waals surface area (Å²) >= 11 is 3.60. The van der Waals surface area contributed by atoms with Crippen molar-refractivity contribution in [1.82, 2.24) is 15.1 Å². The van der Waals surface area contributed by atoms with E-state index >= 15 is 0 Å². The first kappa shape index (κ1) is 16.3. The molecule has 2 aromatic rings. The van der Waals surface area contributed by atoms with Crippen molar-refractivity contribution < 1.29 is 9.15 Å². The van der Waals surface area contributed by atoms with Gasteiger partial charge in [-0.05, 0) is 48.0 Å². The Morgan fingerprint density at radius 1 is 1.48 bits per heavy atom. The number of ether oxygens (including phenoxy) is 1. The highest BCUT2D eigenvalue weighted by atomic mass is 79.9. The number of hydrogen-bond donors (Lipinski definition) is 1. The molecule has 1 N–H and O–H groups in total. The van der Waals surface area contributed by atoms with Crippen LogP contribution in [0, 0.1) is 6.92 Å². The van der Waals surface area contributed by atoms with E-state index in [1.165, 1.54) is 0 Å². The zero-order valence-corrected chi connectivity index (χ0v) is 14.3. The average molecular weight is 356 g/mol. The number of rotatable bonds is 8. The Labute approximate surface area is 133 Å². The van der Waals surface area contributed by atoms with Gasteiger partial charge in [0.05, 0.1) is 29.5 Å². The lowest BCUT2D eigenvalue weighted by atomic mass is 10.1. The summed E-state index contributed by atoms with van der Waals surface area (Å²) in [6.07, 6.45) is 2.88. The summed E-state index contributed by atoms with van der Waals surface area (Å²) in [4.78, 5) is 0. The van der Waals surface area contributed by atoms with Gasteiger partial charge >= 0.3 is 0 Å². The van der Waals surface area contributed by atoms with E-state index in [1.807, 2.05) is 29.9 Å². The standard InChI is InChI=1S/C15H22BrN3O2/c1-4-7-17-14(13-6-5-11(2)21-13)15-12(16)10-18-19(15)8-9-20-3/h5-6,10,14,17H,4,7-9H2,1-3H3. The molecule has 0 saturated carbocycles. The molecule has 0 fully saturated rings. The Hall–Kier alpha value is -1.11. The van der Waals surface area contributed by atoms with Crippen LogP contribution in [0.25, 0.3) is 0 Å². The van der Waals surface area contributed by atoms with Gasteiger partial charge in [0.1, 0.15) is 17.6 Å². The van der Waals surface area contributed by atoms with Gasteiger partial charge in [0.15, 0.2) is 0 Å². The smallest absolute Gasteiger partial charge is 0.127 e. The monoisotopic (exact) mass is 355 g/mol. The summed E-state index contributed by atoms with van der Waals surface area (Å²) in [6, 6.07) is 3.98. The lowest BCUT2D eigenvalue weighted by Gasteiger charge is -2.19. The highest BCUT2D eigenvalue weighted by Crippen LogP contribution is 2.29. The van der Waals surface area contributed by atoms with Gasteiger partial charge in [-0.3, -0.25) is 4.68 Å². The number of aromatic nitrogens is 2. The molecule has 1 unspecified atom stereocenters. The summed E-state index contributed by atoms with van der Waals surface area (Å²) in [5.74, 6) is 1.81. The fourth-order valence-corrected chi connectivity index (χ4v) is 2.77. The molecule has 0 saturated heterocycles. The second-order valence-corrected chi connectivity index (χ2v) is 5.78. The molecule has 0 aliphatic heterocycles. The molecule has 0 bridgehead atoms. The predicted molar refractivity (Wildman–Crippen MR) is 85.4 cm³/mol. The fourth-order valence-electron chi connectivity index (χ4n) is 2.24. The minimum Gasteiger partial charge on any atom is -0.464 e. The third-order valence-corrected chi connectivity index (χ3v) is 3.87. The van der Waals surface area contributed by atoms with Gasteiger partial charge in [0.2, 0.25) is 0 Å².